The topological polar surface area (TPSA) is 120 Å². The van der Waals surface area contributed by atoms with E-state index in [4.69, 9.17) is 4.74 Å². The summed E-state index contributed by atoms with van der Waals surface area (Å²) in [6, 6.07) is 8.25. The van der Waals surface area contributed by atoms with Gasteiger partial charge < -0.3 is 14.6 Å². The minimum Gasteiger partial charge on any atom is -0.546 e. The normalized spacial score (nSPS) is 10.6. The van der Waals surface area contributed by atoms with Gasteiger partial charge in [0, 0.05) is 11.3 Å². The first-order valence-electron chi connectivity index (χ1n) is 6.33. The van der Waals surface area contributed by atoms with Crippen LogP contribution in [0.25, 0.3) is 0 Å². The monoisotopic (exact) mass is 301 g/mol. The maximum Gasteiger partial charge on any atom is 0.291 e. The predicted octanol–water partition coefficient (Wildman–Crippen LogP) is -0.389. The van der Waals surface area contributed by atoms with Gasteiger partial charge in [0.05, 0.1) is 12.2 Å². The van der Waals surface area contributed by atoms with E-state index in [0.29, 0.717) is 11.3 Å². The second-order valence-corrected chi connectivity index (χ2v) is 4.33. The van der Waals surface area contributed by atoms with E-state index in [0.717, 1.165) is 5.69 Å². The zero-order valence-electron chi connectivity index (χ0n) is 11.7. The summed E-state index contributed by atoms with van der Waals surface area (Å²) in [5.74, 6) is -1.47. The van der Waals surface area contributed by atoms with Crippen molar-refractivity contribution in [3.8, 4) is 5.75 Å². The molecule has 0 atom stereocenters. The second-order valence-electron chi connectivity index (χ2n) is 4.33. The number of ether oxygens (including phenoxy) is 1. The van der Waals surface area contributed by atoms with Crippen LogP contribution in [0.3, 0.4) is 0 Å². The van der Waals surface area contributed by atoms with E-state index in [9.17, 15) is 14.7 Å². The van der Waals surface area contributed by atoms with Gasteiger partial charge in [-0.05, 0) is 25.1 Å². The zero-order chi connectivity index (χ0) is 15.9. The van der Waals surface area contributed by atoms with E-state index < -0.39 is 18.5 Å². The highest BCUT2D eigenvalue weighted by Gasteiger charge is 2.07. The average molecular weight is 301 g/mol. The van der Waals surface area contributed by atoms with Gasteiger partial charge in [-0.2, -0.15) is 10.2 Å². The number of hydrogen-bond donors (Lipinski definition) is 2. The molecule has 0 aliphatic rings. The molecular formula is C14H13N4O4-. The number of aromatic amines is 1. The summed E-state index contributed by atoms with van der Waals surface area (Å²) in [6.07, 6.45) is 1.35. The molecule has 1 heterocycles. The molecule has 1 aromatic heterocycles. The first kappa shape index (κ1) is 15.2. The molecule has 8 heteroatoms. The Morgan fingerprint density at radius 3 is 2.91 bits per heavy atom. The molecule has 0 saturated heterocycles. The summed E-state index contributed by atoms with van der Waals surface area (Å²) in [7, 11) is 0. The highest BCUT2D eigenvalue weighted by molar-refractivity contribution is 5.93. The Labute approximate surface area is 125 Å². The van der Waals surface area contributed by atoms with Crippen molar-refractivity contribution in [2.45, 2.75) is 6.92 Å². The van der Waals surface area contributed by atoms with E-state index in [1.54, 1.807) is 37.3 Å². The Morgan fingerprint density at radius 2 is 2.23 bits per heavy atom. The van der Waals surface area contributed by atoms with Crippen LogP contribution in [0.1, 0.15) is 21.7 Å². The lowest BCUT2D eigenvalue weighted by Gasteiger charge is -2.08. The van der Waals surface area contributed by atoms with Crippen molar-refractivity contribution in [3.05, 3.63) is 47.3 Å². The van der Waals surface area contributed by atoms with Crippen molar-refractivity contribution in [1.82, 2.24) is 15.6 Å². The van der Waals surface area contributed by atoms with Gasteiger partial charge in [-0.25, -0.2) is 5.43 Å². The fourth-order valence-electron chi connectivity index (χ4n) is 1.61. The number of hydrogen-bond acceptors (Lipinski definition) is 6. The quantitative estimate of drug-likeness (QED) is 0.556. The molecule has 2 N–H and O–H groups in total. The highest BCUT2D eigenvalue weighted by atomic mass is 16.5. The molecule has 0 bridgehead atoms. The highest BCUT2D eigenvalue weighted by Crippen LogP contribution is 2.15. The largest absolute Gasteiger partial charge is 0.546 e. The van der Waals surface area contributed by atoms with Crippen LogP contribution in [-0.2, 0) is 4.79 Å². The molecule has 0 fully saturated rings. The summed E-state index contributed by atoms with van der Waals surface area (Å²) in [6.45, 7) is 1.21. The number of benzene rings is 1. The Hall–Kier alpha value is -3.16. The van der Waals surface area contributed by atoms with Gasteiger partial charge >= 0.3 is 0 Å². The number of carboxylic acids is 1. The molecule has 0 aliphatic heterocycles. The number of aryl methyl sites for hydroxylation is 1. The Kier molecular flexibility index (Phi) is 4.86. The maximum atomic E-state index is 11.7. The van der Waals surface area contributed by atoms with Gasteiger partial charge in [-0.1, -0.05) is 12.1 Å². The fourth-order valence-corrected chi connectivity index (χ4v) is 1.61. The number of aliphatic carboxylic acids is 1. The van der Waals surface area contributed by atoms with Crippen molar-refractivity contribution in [2.24, 2.45) is 5.10 Å². The van der Waals surface area contributed by atoms with Crippen LogP contribution < -0.4 is 15.3 Å². The van der Waals surface area contributed by atoms with Gasteiger partial charge in [0.25, 0.3) is 5.91 Å². The number of nitrogens with zero attached hydrogens (tertiary/aromatic N) is 2. The van der Waals surface area contributed by atoms with E-state index in [-0.39, 0.29) is 5.69 Å². The molecule has 1 aromatic carbocycles. The van der Waals surface area contributed by atoms with Crippen LogP contribution in [0.5, 0.6) is 5.75 Å². The maximum absolute atomic E-state index is 11.7. The number of nitrogens with one attached hydrogen (secondary N) is 2. The van der Waals surface area contributed by atoms with Crippen LogP contribution in [0.15, 0.2) is 35.4 Å². The zero-order valence-corrected chi connectivity index (χ0v) is 11.7. The molecule has 8 nitrogen and oxygen atoms in total. The van der Waals surface area contributed by atoms with Gasteiger partial charge in [-0.3, -0.25) is 9.89 Å². The lowest BCUT2D eigenvalue weighted by atomic mass is 10.2. The molecule has 2 aromatic rings. The standard InChI is InChI=1S/C14H14N4O4/c1-9-6-11(17-16-9)14(21)18-15-7-10-4-2-3-5-12(10)22-8-13(19)20/h2-7H,8H2,1H3,(H,16,17)(H,18,21)(H,19,20)/p-1/b15-7-. The molecule has 1 amide bonds. The first-order chi connectivity index (χ1) is 10.6. The summed E-state index contributed by atoms with van der Waals surface area (Å²) >= 11 is 0. The number of aromatic nitrogens is 2. The Balaban J connectivity index is 2.00. The number of para-hydroxylation sites is 1. The SMILES string of the molecule is Cc1cc(C(=O)N/N=C\c2ccccc2OCC(=O)[O-])n[nH]1. The molecule has 0 saturated carbocycles. The van der Waals surface area contributed by atoms with E-state index in [1.165, 1.54) is 6.21 Å². The van der Waals surface area contributed by atoms with Gasteiger partial charge in [0.2, 0.25) is 0 Å². The van der Waals surface area contributed by atoms with E-state index >= 15 is 0 Å². The first-order valence-corrected chi connectivity index (χ1v) is 6.33. The molecule has 0 radical (unpaired) electrons. The molecule has 2 rings (SSSR count). The van der Waals surface area contributed by atoms with Crippen LogP contribution in [-0.4, -0.2) is 34.9 Å². The lowest BCUT2D eigenvalue weighted by Crippen LogP contribution is -2.29. The molecule has 0 unspecified atom stereocenters. The van der Waals surface area contributed by atoms with Gasteiger partial charge in [-0.15, -0.1) is 0 Å². The molecule has 0 spiro atoms. The van der Waals surface area contributed by atoms with Crippen molar-refractivity contribution in [1.29, 1.82) is 0 Å². The number of hydrazone groups is 1. The molecular weight excluding hydrogens is 288 g/mol. The summed E-state index contributed by atoms with van der Waals surface area (Å²) in [4.78, 5) is 22.1. The van der Waals surface area contributed by atoms with Gasteiger partial charge in [0.1, 0.15) is 12.4 Å². The third-order valence-corrected chi connectivity index (χ3v) is 2.57. The van der Waals surface area contributed by atoms with Crippen LogP contribution in [0, 0.1) is 6.92 Å². The molecule has 0 aliphatic carbocycles. The van der Waals surface area contributed by atoms with Crippen LogP contribution in [0.2, 0.25) is 0 Å². The predicted molar refractivity (Wildman–Crippen MR) is 75.3 cm³/mol. The number of carbonyl (C=O) groups is 2. The molecule has 22 heavy (non-hydrogen) atoms. The molecule has 114 valence electrons. The van der Waals surface area contributed by atoms with Crippen LogP contribution >= 0.6 is 0 Å². The fraction of sp³-hybridized carbons (Fsp3) is 0.143. The average Bonchev–Trinajstić information content (AvgIpc) is 2.92. The van der Waals surface area contributed by atoms with Crippen molar-refractivity contribution >= 4 is 18.1 Å². The van der Waals surface area contributed by atoms with Crippen molar-refractivity contribution < 1.29 is 19.4 Å². The number of amides is 1. The number of rotatable bonds is 6. The number of carboxylic acid groups (broad SMARTS) is 1. The number of carbonyl (C=O) groups excluding carboxylic acids is 2. The van der Waals surface area contributed by atoms with Crippen LogP contribution in [0.4, 0.5) is 0 Å². The Bertz CT molecular complexity index is 708. The van der Waals surface area contributed by atoms with E-state index in [1.807, 2.05) is 0 Å². The third kappa shape index (κ3) is 4.17. The van der Waals surface area contributed by atoms with Gasteiger partial charge in [0.15, 0.2) is 5.69 Å². The number of H-pyrrole nitrogens is 1. The minimum atomic E-state index is -1.33. The lowest BCUT2D eigenvalue weighted by molar-refractivity contribution is -0.307. The summed E-state index contributed by atoms with van der Waals surface area (Å²) in [5, 5.41) is 20.7. The third-order valence-electron chi connectivity index (χ3n) is 2.57. The Morgan fingerprint density at radius 1 is 1.45 bits per heavy atom. The summed E-state index contributed by atoms with van der Waals surface area (Å²) in [5.41, 5.74) is 3.81. The van der Waals surface area contributed by atoms with Crippen molar-refractivity contribution in [3.63, 3.8) is 0 Å². The smallest absolute Gasteiger partial charge is 0.291 e. The van der Waals surface area contributed by atoms with Crippen molar-refractivity contribution in [2.75, 3.05) is 6.61 Å². The minimum absolute atomic E-state index is 0.219. The van der Waals surface area contributed by atoms with E-state index in [2.05, 4.69) is 20.7 Å². The second kappa shape index (κ2) is 7.02. The summed E-state index contributed by atoms with van der Waals surface area (Å²) < 4.78 is 5.06.